The van der Waals surface area contributed by atoms with Crippen molar-refractivity contribution in [3.05, 3.63) is 59.3 Å². The van der Waals surface area contributed by atoms with Gasteiger partial charge < -0.3 is 15.1 Å². The van der Waals surface area contributed by atoms with E-state index < -0.39 is 0 Å². The van der Waals surface area contributed by atoms with E-state index in [4.69, 9.17) is 0 Å². The molecule has 1 N–H and O–H groups in total. The predicted octanol–water partition coefficient (Wildman–Crippen LogP) is 1.71. The third-order valence-electron chi connectivity index (χ3n) is 3.83. The quantitative estimate of drug-likeness (QED) is 0.440. The molecule has 0 aliphatic rings. The van der Waals surface area contributed by atoms with E-state index in [1.807, 2.05) is 61.3 Å². The zero-order valence-electron chi connectivity index (χ0n) is 12.4. The monoisotopic (exact) mass is 284 g/mol. The van der Waals surface area contributed by atoms with Crippen molar-refractivity contribution in [2.45, 2.75) is 20.0 Å². The average Bonchev–Trinajstić information content (AvgIpc) is 3.06. The molecule has 110 valence electrons. The van der Waals surface area contributed by atoms with Crippen molar-refractivity contribution in [1.82, 2.24) is 14.5 Å². The van der Waals surface area contributed by atoms with Crippen LogP contribution in [0.15, 0.2) is 42.7 Å². The molecule has 3 aromatic rings. The van der Waals surface area contributed by atoms with Crippen molar-refractivity contribution in [1.29, 1.82) is 0 Å². The molecule has 0 radical (unpaired) electrons. The fourth-order valence-corrected chi connectivity index (χ4v) is 2.61. The number of hydrogen-bond acceptors (Lipinski definition) is 2. The lowest BCUT2D eigenvalue weighted by molar-refractivity contribution is -0.587. The van der Waals surface area contributed by atoms with E-state index >= 15 is 0 Å². The van der Waals surface area contributed by atoms with E-state index in [1.54, 1.807) is 0 Å². The highest BCUT2D eigenvalue weighted by Crippen LogP contribution is 2.14. The fraction of sp³-hybridized carbons (Fsp3) is 0.312. The number of hydrogen-bond donors (Lipinski definition) is 1. The highest BCUT2D eigenvalue weighted by atomic mass is 16.5. The first-order valence-corrected chi connectivity index (χ1v) is 7.16. The van der Waals surface area contributed by atoms with Crippen LogP contribution in [0.5, 0.6) is 0 Å². The maximum atomic E-state index is 12.3. The van der Waals surface area contributed by atoms with Gasteiger partial charge in [-0.15, -0.1) is 0 Å². The van der Waals surface area contributed by atoms with Gasteiger partial charge in [-0.3, -0.25) is 0 Å². The van der Waals surface area contributed by atoms with Gasteiger partial charge in [0.05, 0.1) is 13.6 Å². The Hall–Kier alpha value is -2.27. The Kier molecular flexibility index (Phi) is 3.66. The minimum atomic E-state index is 0.564. The third-order valence-corrected chi connectivity index (χ3v) is 3.83. The Labute approximate surface area is 124 Å². The number of imidazole rings is 1. The number of aryl methyl sites for hydroxylation is 2. The number of rotatable bonds is 5. The van der Waals surface area contributed by atoms with Gasteiger partial charge in [-0.1, -0.05) is 6.07 Å². The first-order chi connectivity index (χ1) is 10.2. The van der Waals surface area contributed by atoms with Gasteiger partial charge >= 0.3 is 0 Å². The molecule has 0 unspecified atom stereocenters. The summed E-state index contributed by atoms with van der Waals surface area (Å²) in [7, 11) is 1.94. The van der Waals surface area contributed by atoms with Crippen molar-refractivity contribution < 1.29 is 4.73 Å². The number of aromatic nitrogens is 3. The fourth-order valence-electron chi connectivity index (χ4n) is 2.61. The summed E-state index contributed by atoms with van der Waals surface area (Å²) in [5, 5.41) is 15.7. The maximum absolute atomic E-state index is 12.3. The van der Waals surface area contributed by atoms with E-state index in [2.05, 4.69) is 9.88 Å². The van der Waals surface area contributed by atoms with Crippen LogP contribution in [-0.2, 0) is 20.1 Å². The molecule has 0 saturated carbocycles. The molecular formula is C16H20N4O. The minimum Gasteiger partial charge on any atom is -0.710 e. The molecule has 3 rings (SSSR count). The molecule has 0 atom stereocenters. The summed E-state index contributed by atoms with van der Waals surface area (Å²) in [5.74, 6) is 0.739. The van der Waals surface area contributed by atoms with Crippen molar-refractivity contribution in [2.75, 3.05) is 6.54 Å². The van der Waals surface area contributed by atoms with Gasteiger partial charge in [0.25, 0.3) is 5.82 Å². The summed E-state index contributed by atoms with van der Waals surface area (Å²) >= 11 is 0. The molecule has 0 amide bonds. The summed E-state index contributed by atoms with van der Waals surface area (Å²) in [6, 6.07) is 9.93. The van der Waals surface area contributed by atoms with E-state index in [0.717, 1.165) is 40.2 Å². The molecule has 21 heavy (non-hydrogen) atoms. The lowest BCUT2D eigenvalue weighted by Gasteiger charge is -2.07. The van der Waals surface area contributed by atoms with Crippen LogP contribution in [-0.4, -0.2) is 15.7 Å². The van der Waals surface area contributed by atoms with Crippen molar-refractivity contribution in [3.8, 4) is 0 Å². The van der Waals surface area contributed by atoms with Crippen LogP contribution in [0.25, 0.3) is 11.0 Å². The molecule has 0 aliphatic heterocycles. The van der Waals surface area contributed by atoms with Crippen LogP contribution >= 0.6 is 0 Å². The molecule has 1 aromatic carbocycles. The Balaban J connectivity index is 1.72. The Morgan fingerprint density at radius 3 is 2.76 bits per heavy atom. The molecule has 2 aromatic heterocycles. The molecule has 2 heterocycles. The van der Waals surface area contributed by atoms with E-state index in [1.165, 1.54) is 0 Å². The van der Waals surface area contributed by atoms with Crippen LogP contribution < -0.4 is 10.0 Å². The van der Waals surface area contributed by atoms with Crippen molar-refractivity contribution in [2.24, 2.45) is 7.05 Å². The largest absolute Gasteiger partial charge is 0.710 e. The molecule has 5 heteroatoms. The summed E-state index contributed by atoms with van der Waals surface area (Å²) in [6.45, 7) is 4.33. The Bertz CT molecular complexity index is 743. The number of nitrogens with one attached hydrogen (secondary N) is 1. The van der Waals surface area contributed by atoms with Crippen LogP contribution in [0.1, 0.15) is 11.4 Å². The van der Waals surface area contributed by atoms with Crippen LogP contribution in [0.4, 0.5) is 0 Å². The standard InChI is InChI=1S/C16H20N4O/c1-13-5-6-14-15(11-13)18(2)16(20(14)21)12-17-7-10-19-8-3-4-9-19/h3-6,8-9,11,17H,7,10,12H2,1-2H3. The second kappa shape index (κ2) is 5.61. The second-order valence-electron chi connectivity index (χ2n) is 5.36. The zero-order valence-corrected chi connectivity index (χ0v) is 12.4. The lowest BCUT2D eigenvalue weighted by atomic mass is 10.2. The molecular weight excluding hydrogens is 264 g/mol. The molecule has 0 fully saturated rings. The first-order valence-electron chi connectivity index (χ1n) is 7.16. The van der Waals surface area contributed by atoms with Gasteiger partial charge in [-0.05, 0) is 36.8 Å². The maximum Gasteiger partial charge on any atom is 0.274 e. The molecule has 5 nitrogen and oxygen atoms in total. The molecule has 0 aliphatic carbocycles. The van der Waals surface area contributed by atoms with Crippen LogP contribution in [0.3, 0.4) is 0 Å². The second-order valence-corrected chi connectivity index (χ2v) is 5.36. The highest BCUT2D eigenvalue weighted by molar-refractivity contribution is 5.73. The Morgan fingerprint density at radius 2 is 2.00 bits per heavy atom. The summed E-state index contributed by atoms with van der Waals surface area (Å²) in [4.78, 5) is 0. The molecule has 0 bridgehead atoms. The van der Waals surface area contributed by atoms with E-state index in [-0.39, 0.29) is 0 Å². The third kappa shape index (κ3) is 2.64. The zero-order chi connectivity index (χ0) is 14.8. The lowest BCUT2D eigenvalue weighted by Crippen LogP contribution is -2.35. The van der Waals surface area contributed by atoms with E-state index in [0.29, 0.717) is 6.54 Å². The van der Waals surface area contributed by atoms with Gasteiger partial charge in [0.1, 0.15) is 0 Å². The van der Waals surface area contributed by atoms with Crippen molar-refractivity contribution >= 4 is 11.0 Å². The number of nitrogens with zero attached hydrogens (tertiary/aromatic N) is 3. The SMILES string of the molecule is Cc1ccc2c(c1)n(C)c(CNCCn1cccc1)[n+]2[O-]. The number of benzene rings is 1. The predicted molar refractivity (Wildman–Crippen MR) is 82.8 cm³/mol. The van der Waals surface area contributed by atoms with Gasteiger partial charge in [-0.25, -0.2) is 9.30 Å². The van der Waals surface area contributed by atoms with Gasteiger partial charge in [0.2, 0.25) is 0 Å². The summed E-state index contributed by atoms with van der Waals surface area (Å²) < 4.78 is 5.11. The molecule has 0 spiro atoms. The smallest absolute Gasteiger partial charge is 0.274 e. The van der Waals surface area contributed by atoms with Crippen LogP contribution in [0.2, 0.25) is 0 Å². The summed E-state index contributed by atoms with van der Waals surface area (Å²) in [6.07, 6.45) is 4.07. The normalized spacial score (nSPS) is 11.3. The number of fused-ring (bicyclic) bond motifs is 1. The highest BCUT2D eigenvalue weighted by Gasteiger charge is 2.17. The van der Waals surface area contributed by atoms with Crippen molar-refractivity contribution in [3.63, 3.8) is 0 Å². The molecule has 0 saturated heterocycles. The Morgan fingerprint density at radius 1 is 1.24 bits per heavy atom. The summed E-state index contributed by atoms with van der Waals surface area (Å²) in [5.41, 5.74) is 2.87. The average molecular weight is 284 g/mol. The minimum absolute atomic E-state index is 0.564. The van der Waals surface area contributed by atoms with Gasteiger partial charge in [-0.2, -0.15) is 0 Å². The first kappa shape index (κ1) is 13.7. The van der Waals surface area contributed by atoms with E-state index in [9.17, 15) is 5.21 Å². The topological polar surface area (TPSA) is 48.8 Å². The van der Waals surface area contributed by atoms with Gasteiger partial charge in [0, 0.05) is 25.5 Å². The van der Waals surface area contributed by atoms with Crippen LogP contribution in [0, 0.1) is 12.1 Å². The van der Waals surface area contributed by atoms with Gasteiger partial charge in [0.15, 0.2) is 11.0 Å².